The Bertz CT molecular complexity index is 786. The van der Waals surface area contributed by atoms with Crippen LogP contribution in [0.2, 0.25) is 0 Å². The van der Waals surface area contributed by atoms with Crippen LogP contribution in [0.15, 0.2) is 29.8 Å². The van der Waals surface area contributed by atoms with E-state index < -0.39 is 11.4 Å². The number of allylic oxidation sites excluding steroid dienone is 1. The fraction of sp³-hybridized carbons (Fsp3) is 0.615. The lowest BCUT2D eigenvalue weighted by atomic mass is 9.98. The first-order valence-corrected chi connectivity index (χ1v) is 11.8. The number of nitriles is 1. The van der Waals surface area contributed by atoms with E-state index in [1.165, 1.54) is 0 Å². The summed E-state index contributed by atoms with van der Waals surface area (Å²) in [7, 11) is 0. The predicted octanol–water partition coefficient (Wildman–Crippen LogP) is 3.67. The van der Waals surface area contributed by atoms with Gasteiger partial charge in [-0.25, -0.2) is 0 Å². The Hall–Kier alpha value is -2.40. The Morgan fingerprint density at radius 3 is 2.30 bits per heavy atom. The molecule has 1 aliphatic heterocycles. The average Bonchev–Trinajstić information content (AvgIpc) is 2.74. The number of nitrogens with one attached hydrogen (secondary N) is 2. The van der Waals surface area contributed by atoms with Gasteiger partial charge in [0.1, 0.15) is 11.6 Å². The number of aliphatic hydroxyl groups is 1. The third kappa shape index (κ3) is 11.3. The zero-order valence-electron chi connectivity index (χ0n) is 21.2. The van der Waals surface area contributed by atoms with E-state index in [-0.39, 0.29) is 12.2 Å². The number of benzene rings is 1. The van der Waals surface area contributed by atoms with Crippen LogP contribution in [-0.4, -0.2) is 67.5 Å². The largest absolute Gasteiger partial charge is 0.396 e. The lowest BCUT2D eigenvalue weighted by Crippen LogP contribution is -2.44. The minimum Gasteiger partial charge on any atom is -0.396 e. The first-order chi connectivity index (χ1) is 15.6. The molecular formula is C26H42N4O3. The number of carbonyl (C=O) groups excluding carboxylic acids is 1. The van der Waals surface area contributed by atoms with E-state index in [4.69, 9.17) is 9.84 Å². The van der Waals surface area contributed by atoms with Gasteiger partial charge in [0.15, 0.2) is 0 Å². The lowest BCUT2D eigenvalue weighted by Gasteiger charge is -2.26. The van der Waals surface area contributed by atoms with Gasteiger partial charge >= 0.3 is 0 Å². The van der Waals surface area contributed by atoms with Gasteiger partial charge in [0, 0.05) is 44.0 Å². The number of morpholine rings is 1. The molecule has 184 valence electrons. The summed E-state index contributed by atoms with van der Waals surface area (Å²) in [6.07, 6.45) is 0.418. The number of nitrogens with zero attached hydrogens (tertiary/aromatic N) is 2. The van der Waals surface area contributed by atoms with Crippen molar-refractivity contribution >= 4 is 17.2 Å². The highest BCUT2D eigenvalue weighted by Gasteiger charge is 2.23. The molecule has 0 radical (unpaired) electrons. The lowest BCUT2D eigenvalue weighted by molar-refractivity contribution is -0.118. The second kappa shape index (κ2) is 14.7. The minimum absolute atomic E-state index is 0.0299. The molecule has 2 rings (SSSR count). The maximum Gasteiger partial charge on any atom is 0.262 e. The molecule has 0 bridgehead atoms. The second-order valence-corrected chi connectivity index (χ2v) is 9.61. The van der Waals surface area contributed by atoms with Crippen LogP contribution in [0.3, 0.4) is 0 Å². The van der Waals surface area contributed by atoms with Gasteiger partial charge in [-0.05, 0) is 56.4 Å². The highest BCUT2D eigenvalue weighted by atomic mass is 16.5. The first-order valence-electron chi connectivity index (χ1n) is 11.8. The Labute approximate surface area is 199 Å². The molecule has 0 aliphatic carbocycles. The van der Waals surface area contributed by atoms with Gasteiger partial charge in [0.25, 0.3) is 5.91 Å². The number of hydrogen-bond acceptors (Lipinski definition) is 6. The fourth-order valence-electron chi connectivity index (χ4n) is 3.18. The molecular weight excluding hydrogens is 416 g/mol. The van der Waals surface area contributed by atoms with Crippen molar-refractivity contribution in [1.29, 1.82) is 5.26 Å². The predicted molar refractivity (Wildman–Crippen MR) is 135 cm³/mol. The summed E-state index contributed by atoms with van der Waals surface area (Å²) in [4.78, 5) is 14.9. The maximum absolute atomic E-state index is 12.5. The minimum atomic E-state index is -0.581. The summed E-state index contributed by atoms with van der Waals surface area (Å²) in [5, 5.41) is 24.8. The molecule has 1 aromatic rings. The van der Waals surface area contributed by atoms with Crippen molar-refractivity contribution in [3.8, 4) is 6.07 Å². The maximum atomic E-state index is 12.5. The van der Waals surface area contributed by atoms with Crippen molar-refractivity contribution in [2.45, 2.75) is 53.5 Å². The fourth-order valence-corrected chi connectivity index (χ4v) is 3.18. The Balaban J connectivity index is 0.00000125. The van der Waals surface area contributed by atoms with Crippen molar-refractivity contribution in [3.05, 3.63) is 35.4 Å². The van der Waals surface area contributed by atoms with Crippen LogP contribution in [0.1, 0.15) is 53.5 Å². The number of anilines is 1. The van der Waals surface area contributed by atoms with E-state index in [0.29, 0.717) is 12.0 Å². The van der Waals surface area contributed by atoms with Crippen molar-refractivity contribution in [2.24, 2.45) is 5.92 Å². The van der Waals surface area contributed by atoms with Crippen LogP contribution in [0.25, 0.3) is 5.57 Å². The van der Waals surface area contributed by atoms with Crippen LogP contribution < -0.4 is 10.6 Å². The molecule has 1 aliphatic rings. The van der Waals surface area contributed by atoms with Gasteiger partial charge in [-0.15, -0.1) is 0 Å². The highest BCUT2D eigenvalue weighted by Crippen LogP contribution is 2.21. The van der Waals surface area contributed by atoms with E-state index in [0.717, 1.165) is 56.6 Å². The number of amides is 1. The van der Waals surface area contributed by atoms with E-state index >= 15 is 0 Å². The molecule has 1 aromatic carbocycles. The standard InChI is InChI=1S/C22H32N4O3.C4H10/c1-17(20(16-23)21(28)25-22(2,3)8-13-27)18-4-6-19(7-5-18)24-9-10-26-11-14-29-15-12-26;1-4(2)3/h4-7,24,27H,8-15H2,1-3H3,(H,25,28);4H,1-3H3/b20-17+;. The molecule has 1 heterocycles. The molecule has 7 heteroatoms. The highest BCUT2D eigenvalue weighted by molar-refractivity contribution is 6.04. The topological polar surface area (TPSA) is 97.6 Å². The third-order valence-electron chi connectivity index (χ3n) is 5.08. The summed E-state index contributed by atoms with van der Waals surface area (Å²) in [5.41, 5.74) is 1.97. The molecule has 7 nitrogen and oxygen atoms in total. The Morgan fingerprint density at radius 2 is 1.79 bits per heavy atom. The number of hydrogen-bond donors (Lipinski definition) is 3. The van der Waals surface area contributed by atoms with Crippen LogP contribution >= 0.6 is 0 Å². The van der Waals surface area contributed by atoms with Crippen LogP contribution in [0, 0.1) is 17.2 Å². The molecule has 1 fully saturated rings. The van der Waals surface area contributed by atoms with Crippen LogP contribution in [0.4, 0.5) is 5.69 Å². The smallest absolute Gasteiger partial charge is 0.262 e. The van der Waals surface area contributed by atoms with Gasteiger partial charge in [-0.1, -0.05) is 32.9 Å². The van der Waals surface area contributed by atoms with Crippen molar-refractivity contribution < 1.29 is 14.6 Å². The Kier molecular flexibility index (Phi) is 12.7. The number of rotatable bonds is 9. The summed E-state index contributed by atoms with van der Waals surface area (Å²) in [6, 6.07) is 9.77. The summed E-state index contributed by atoms with van der Waals surface area (Å²) >= 11 is 0. The number of ether oxygens (including phenoxy) is 1. The number of aliphatic hydroxyl groups excluding tert-OH is 1. The molecule has 0 aromatic heterocycles. The van der Waals surface area contributed by atoms with E-state index in [9.17, 15) is 10.1 Å². The molecule has 0 unspecified atom stereocenters. The van der Waals surface area contributed by atoms with Gasteiger partial charge in [0.05, 0.1) is 13.2 Å². The second-order valence-electron chi connectivity index (χ2n) is 9.61. The Morgan fingerprint density at radius 1 is 1.21 bits per heavy atom. The molecule has 0 atom stereocenters. The van der Waals surface area contributed by atoms with E-state index in [1.54, 1.807) is 6.92 Å². The van der Waals surface area contributed by atoms with E-state index in [1.807, 2.05) is 44.2 Å². The quantitative estimate of drug-likeness (QED) is 0.386. The molecule has 0 spiro atoms. The van der Waals surface area contributed by atoms with Gasteiger partial charge < -0.3 is 20.5 Å². The van der Waals surface area contributed by atoms with Gasteiger partial charge in [-0.3, -0.25) is 9.69 Å². The molecule has 1 saturated heterocycles. The van der Waals surface area contributed by atoms with Gasteiger partial charge in [0.2, 0.25) is 0 Å². The van der Waals surface area contributed by atoms with Crippen molar-refractivity contribution in [3.63, 3.8) is 0 Å². The average molecular weight is 459 g/mol. The normalized spacial score (nSPS) is 15.1. The summed E-state index contributed by atoms with van der Waals surface area (Å²) < 4.78 is 5.36. The zero-order valence-corrected chi connectivity index (χ0v) is 21.2. The SMILES string of the molecule is C/C(=C(/C#N)C(=O)NC(C)(C)CCO)c1ccc(NCCN2CCOCC2)cc1.CC(C)C. The first kappa shape index (κ1) is 28.6. The van der Waals surface area contributed by atoms with Crippen molar-refractivity contribution in [1.82, 2.24) is 10.2 Å². The van der Waals surface area contributed by atoms with Crippen molar-refractivity contribution in [2.75, 3.05) is 51.3 Å². The molecule has 1 amide bonds. The third-order valence-corrected chi connectivity index (χ3v) is 5.08. The molecule has 3 N–H and O–H groups in total. The summed E-state index contributed by atoms with van der Waals surface area (Å²) in [5.74, 6) is 0.413. The summed E-state index contributed by atoms with van der Waals surface area (Å²) in [6.45, 7) is 17.2. The van der Waals surface area contributed by atoms with E-state index in [2.05, 4.69) is 36.3 Å². The van der Waals surface area contributed by atoms with Crippen LogP contribution in [0.5, 0.6) is 0 Å². The van der Waals surface area contributed by atoms with Crippen LogP contribution in [-0.2, 0) is 9.53 Å². The number of carbonyl (C=O) groups is 1. The molecule has 0 saturated carbocycles. The van der Waals surface area contributed by atoms with Gasteiger partial charge in [-0.2, -0.15) is 5.26 Å². The molecule has 33 heavy (non-hydrogen) atoms. The zero-order chi connectivity index (χ0) is 24.9. The monoisotopic (exact) mass is 458 g/mol.